The third-order valence-corrected chi connectivity index (χ3v) is 3.40. The van der Waals surface area contributed by atoms with E-state index in [9.17, 15) is 4.79 Å². The van der Waals surface area contributed by atoms with E-state index in [1.165, 1.54) is 11.1 Å². The molecule has 0 aliphatic heterocycles. The fourth-order valence-corrected chi connectivity index (χ4v) is 2.23. The molecule has 4 nitrogen and oxygen atoms in total. The standard InChI is InChI=1S/C18H21NO3/c1-13-5-4-6-14(9-13)7-8-19-18(20)15-10-16(21-2)12-17(11-15)22-3/h4-6,9-12H,7-8H2,1-3H3,(H,19,20). The summed E-state index contributed by atoms with van der Waals surface area (Å²) in [6.07, 6.45) is 0.800. The lowest BCUT2D eigenvalue weighted by molar-refractivity contribution is 0.0953. The van der Waals surface area contributed by atoms with E-state index in [0.29, 0.717) is 23.6 Å². The maximum absolute atomic E-state index is 12.2. The summed E-state index contributed by atoms with van der Waals surface area (Å²) in [5, 5.41) is 2.92. The highest BCUT2D eigenvalue weighted by Crippen LogP contribution is 2.22. The predicted molar refractivity (Wildman–Crippen MR) is 86.8 cm³/mol. The fourth-order valence-electron chi connectivity index (χ4n) is 2.23. The Labute approximate surface area is 131 Å². The van der Waals surface area contributed by atoms with E-state index in [-0.39, 0.29) is 5.91 Å². The number of benzene rings is 2. The lowest BCUT2D eigenvalue weighted by atomic mass is 10.1. The topological polar surface area (TPSA) is 47.6 Å². The highest BCUT2D eigenvalue weighted by atomic mass is 16.5. The van der Waals surface area contributed by atoms with Crippen LogP contribution in [-0.4, -0.2) is 26.7 Å². The number of hydrogen-bond donors (Lipinski definition) is 1. The van der Waals surface area contributed by atoms with Crippen molar-refractivity contribution in [2.75, 3.05) is 20.8 Å². The lowest BCUT2D eigenvalue weighted by Gasteiger charge is -2.09. The molecule has 0 radical (unpaired) electrons. The number of ether oxygens (including phenoxy) is 2. The van der Waals surface area contributed by atoms with Crippen molar-refractivity contribution in [3.8, 4) is 11.5 Å². The summed E-state index contributed by atoms with van der Waals surface area (Å²) < 4.78 is 10.3. The van der Waals surface area contributed by atoms with Crippen LogP contribution in [0.4, 0.5) is 0 Å². The Morgan fingerprint density at radius 2 is 1.73 bits per heavy atom. The van der Waals surface area contributed by atoms with E-state index in [4.69, 9.17) is 9.47 Å². The van der Waals surface area contributed by atoms with Crippen LogP contribution in [0.2, 0.25) is 0 Å². The van der Waals surface area contributed by atoms with Gasteiger partial charge in [0, 0.05) is 18.2 Å². The zero-order chi connectivity index (χ0) is 15.9. The quantitative estimate of drug-likeness (QED) is 0.892. The number of nitrogens with one attached hydrogen (secondary N) is 1. The Kier molecular flexibility index (Phi) is 5.42. The summed E-state index contributed by atoms with van der Waals surface area (Å²) in [4.78, 5) is 12.2. The summed E-state index contributed by atoms with van der Waals surface area (Å²) in [7, 11) is 3.13. The number of hydrogen-bond acceptors (Lipinski definition) is 3. The third-order valence-electron chi connectivity index (χ3n) is 3.40. The van der Waals surface area contributed by atoms with Crippen molar-refractivity contribution >= 4 is 5.91 Å². The molecule has 0 aliphatic rings. The van der Waals surface area contributed by atoms with Gasteiger partial charge in [0.05, 0.1) is 14.2 Å². The van der Waals surface area contributed by atoms with E-state index < -0.39 is 0 Å². The highest BCUT2D eigenvalue weighted by molar-refractivity contribution is 5.95. The molecule has 0 unspecified atom stereocenters. The van der Waals surface area contributed by atoms with Crippen molar-refractivity contribution in [1.29, 1.82) is 0 Å². The first-order chi connectivity index (χ1) is 10.6. The second-order valence-corrected chi connectivity index (χ2v) is 5.10. The number of carbonyl (C=O) groups is 1. The van der Waals surface area contributed by atoms with Gasteiger partial charge in [-0.3, -0.25) is 4.79 Å². The van der Waals surface area contributed by atoms with Crippen LogP contribution in [0.15, 0.2) is 42.5 Å². The second kappa shape index (κ2) is 7.50. The number of methoxy groups -OCH3 is 2. The monoisotopic (exact) mass is 299 g/mol. The number of amides is 1. The van der Waals surface area contributed by atoms with Gasteiger partial charge >= 0.3 is 0 Å². The van der Waals surface area contributed by atoms with E-state index in [1.54, 1.807) is 32.4 Å². The molecule has 0 saturated carbocycles. The van der Waals surface area contributed by atoms with E-state index >= 15 is 0 Å². The maximum atomic E-state index is 12.2. The van der Waals surface area contributed by atoms with Gasteiger partial charge in [-0.05, 0) is 31.0 Å². The van der Waals surface area contributed by atoms with Crippen LogP contribution in [-0.2, 0) is 6.42 Å². The van der Waals surface area contributed by atoms with Crippen molar-refractivity contribution in [2.24, 2.45) is 0 Å². The lowest BCUT2D eigenvalue weighted by Crippen LogP contribution is -2.25. The molecule has 0 bridgehead atoms. The molecule has 0 fully saturated rings. The minimum absolute atomic E-state index is 0.134. The van der Waals surface area contributed by atoms with Gasteiger partial charge in [0.25, 0.3) is 5.91 Å². The normalized spacial score (nSPS) is 10.1. The van der Waals surface area contributed by atoms with E-state index in [2.05, 4.69) is 30.4 Å². The molecule has 0 aliphatic carbocycles. The first-order valence-corrected chi connectivity index (χ1v) is 7.19. The van der Waals surface area contributed by atoms with Crippen molar-refractivity contribution in [3.63, 3.8) is 0 Å². The molecule has 1 N–H and O–H groups in total. The molecule has 0 spiro atoms. The fraction of sp³-hybridized carbons (Fsp3) is 0.278. The number of rotatable bonds is 6. The van der Waals surface area contributed by atoms with Gasteiger partial charge in [-0.2, -0.15) is 0 Å². The Balaban J connectivity index is 1.97. The van der Waals surface area contributed by atoms with Crippen LogP contribution in [0.25, 0.3) is 0 Å². The second-order valence-electron chi connectivity index (χ2n) is 5.10. The third kappa shape index (κ3) is 4.25. The minimum Gasteiger partial charge on any atom is -0.497 e. The maximum Gasteiger partial charge on any atom is 0.251 e. The van der Waals surface area contributed by atoms with Gasteiger partial charge in [-0.15, -0.1) is 0 Å². The van der Waals surface area contributed by atoms with Crippen LogP contribution in [0.1, 0.15) is 21.5 Å². The predicted octanol–water partition coefficient (Wildman–Crippen LogP) is 2.98. The van der Waals surface area contributed by atoms with Crippen LogP contribution in [0, 0.1) is 6.92 Å². The highest BCUT2D eigenvalue weighted by Gasteiger charge is 2.09. The number of carbonyl (C=O) groups excluding carboxylic acids is 1. The summed E-state index contributed by atoms with van der Waals surface area (Å²) in [5.41, 5.74) is 2.96. The van der Waals surface area contributed by atoms with Crippen molar-refractivity contribution in [3.05, 3.63) is 59.2 Å². The molecular weight excluding hydrogens is 278 g/mol. The molecule has 0 saturated heterocycles. The summed E-state index contributed by atoms with van der Waals surface area (Å²) in [5.74, 6) is 1.07. The molecule has 0 heterocycles. The van der Waals surface area contributed by atoms with Gasteiger partial charge in [-0.25, -0.2) is 0 Å². The minimum atomic E-state index is -0.134. The van der Waals surface area contributed by atoms with Gasteiger partial charge in [0.2, 0.25) is 0 Å². The Morgan fingerprint density at radius 3 is 2.32 bits per heavy atom. The SMILES string of the molecule is COc1cc(OC)cc(C(=O)NCCc2cccc(C)c2)c1. The van der Waals surface area contributed by atoms with Crippen molar-refractivity contribution in [1.82, 2.24) is 5.32 Å². The molecule has 116 valence electrons. The summed E-state index contributed by atoms with van der Waals surface area (Å²) in [6.45, 7) is 2.65. The first kappa shape index (κ1) is 15.9. The van der Waals surface area contributed by atoms with Crippen molar-refractivity contribution < 1.29 is 14.3 Å². The molecular formula is C18H21NO3. The van der Waals surface area contributed by atoms with Crippen LogP contribution in [0.5, 0.6) is 11.5 Å². The molecule has 2 rings (SSSR count). The van der Waals surface area contributed by atoms with E-state index in [0.717, 1.165) is 6.42 Å². The average molecular weight is 299 g/mol. The van der Waals surface area contributed by atoms with Crippen molar-refractivity contribution in [2.45, 2.75) is 13.3 Å². The Hall–Kier alpha value is -2.49. The molecule has 2 aromatic carbocycles. The average Bonchev–Trinajstić information content (AvgIpc) is 2.54. The molecule has 1 amide bonds. The molecule has 0 aromatic heterocycles. The Morgan fingerprint density at radius 1 is 1.05 bits per heavy atom. The largest absolute Gasteiger partial charge is 0.497 e. The molecule has 2 aromatic rings. The van der Waals surface area contributed by atoms with Crippen LogP contribution >= 0.6 is 0 Å². The van der Waals surface area contributed by atoms with Gasteiger partial charge in [-0.1, -0.05) is 29.8 Å². The molecule has 4 heteroatoms. The van der Waals surface area contributed by atoms with E-state index in [1.807, 2.05) is 6.07 Å². The Bertz CT molecular complexity index is 630. The molecule has 22 heavy (non-hydrogen) atoms. The molecule has 0 atom stereocenters. The number of aryl methyl sites for hydroxylation is 1. The zero-order valence-corrected chi connectivity index (χ0v) is 13.2. The van der Waals surface area contributed by atoms with Crippen LogP contribution in [0.3, 0.4) is 0 Å². The first-order valence-electron chi connectivity index (χ1n) is 7.19. The van der Waals surface area contributed by atoms with Crippen LogP contribution < -0.4 is 14.8 Å². The summed E-state index contributed by atoms with van der Waals surface area (Å²) in [6, 6.07) is 13.4. The van der Waals surface area contributed by atoms with Gasteiger partial charge in [0.15, 0.2) is 0 Å². The zero-order valence-electron chi connectivity index (χ0n) is 13.2. The smallest absolute Gasteiger partial charge is 0.251 e. The summed E-state index contributed by atoms with van der Waals surface area (Å²) >= 11 is 0. The van der Waals surface area contributed by atoms with Gasteiger partial charge in [0.1, 0.15) is 11.5 Å². The van der Waals surface area contributed by atoms with Gasteiger partial charge < -0.3 is 14.8 Å².